The number of nitrogens with zero attached hydrogens (tertiary/aromatic N) is 2. The summed E-state index contributed by atoms with van der Waals surface area (Å²) >= 11 is 0. The fraction of sp³-hybridized carbons (Fsp3) is 0.0769. The number of carboxylic acids is 1. The monoisotopic (exact) mass is 258 g/mol. The van der Waals surface area contributed by atoms with E-state index in [1.807, 2.05) is 0 Å². The van der Waals surface area contributed by atoms with Crippen molar-refractivity contribution in [1.82, 2.24) is 9.97 Å². The maximum Gasteiger partial charge on any atom is 0.337 e. The molecule has 19 heavy (non-hydrogen) atoms. The van der Waals surface area contributed by atoms with Crippen LogP contribution in [0.2, 0.25) is 0 Å². The molecule has 6 nitrogen and oxygen atoms in total. The molecule has 0 saturated carbocycles. The Balaban J connectivity index is 2.06. The molecule has 2 aromatic heterocycles. The third-order valence-electron chi connectivity index (χ3n) is 2.39. The van der Waals surface area contributed by atoms with Crippen LogP contribution in [0.4, 0.5) is 0 Å². The van der Waals surface area contributed by atoms with Crippen molar-refractivity contribution in [1.29, 1.82) is 0 Å². The molecule has 0 atom stereocenters. The second-order valence-electron chi connectivity index (χ2n) is 3.66. The van der Waals surface area contributed by atoms with Crippen LogP contribution in [0, 0.1) is 0 Å². The second-order valence-corrected chi connectivity index (χ2v) is 3.66. The molecule has 2 heterocycles. The largest absolute Gasteiger partial charge is 0.485 e. The van der Waals surface area contributed by atoms with Gasteiger partial charge in [0.2, 0.25) is 0 Å². The zero-order valence-corrected chi connectivity index (χ0v) is 9.81. The van der Waals surface area contributed by atoms with Crippen molar-refractivity contribution in [2.75, 3.05) is 0 Å². The van der Waals surface area contributed by atoms with Crippen molar-refractivity contribution in [2.24, 2.45) is 0 Å². The summed E-state index contributed by atoms with van der Waals surface area (Å²) in [5, 5.41) is 8.73. The van der Waals surface area contributed by atoms with Crippen molar-refractivity contribution in [3.05, 3.63) is 53.6 Å². The maximum atomic E-state index is 10.8. The molecule has 0 aliphatic rings. The van der Waals surface area contributed by atoms with E-state index in [9.17, 15) is 9.59 Å². The quantitative estimate of drug-likeness (QED) is 0.819. The summed E-state index contributed by atoms with van der Waals surface area (Å²) < 4.78 is 5.41. The van der Waals surface area contributed by atoms with Gasteiger partial charge < -0.3 is 9.84 Å². The molecule has 0 aliphatic carbocycles. The number of aromatic nitrogens is 2. The number of aromatic carboxylic acids is 1. The first-order chi connectivity index (χ1) is 9.20. The highest BCUT2D eigenvalue weighted by atomic mass is 16.5. The zero-order valence-electron chi connectivity index (χ0n) is 9.81. The van der Waals surface area contributed by atoms with Gasteiger partial charge in [-0.25, -0.2) is 4.79 Å². The van der Waals surface area contributed by atoms with Crippen molar-refractivity contribution >= 4 is 12.3 Å². The van der Waals surface area contributed by atoms with E-state index < -0.39 is 5.97 Å². The molecule has 2 rings (SSSR count). The van der Waals surface area contributed by atoms with Crippen LogP contribution in [0.3, 0.4) is 0 Å². The topological polar surface area (TPSA) is 89.4 Å². The molecule has 0 saturated heterocycles. The van der Waals surface area contributed by atoms with E-state index in [1.165, 1.54) is 24.7 Å². The van der Waals surface area contributed by atoms with E-state index in [4.69, 9.17) is 9.84 Å². The van der Waals surface area contributed by atoms with Crippen LogP contribution < -0.4 is 4.74 Å². The number of hydrogen-bond acceptors (Lipinski definition) is 5. The average molecular weight is 258 g/mol. The van der Waals surface area contributed by atoms with E-state index in [1.54, 1.807) is 12.1 Å². The number of rotatable bonds is 5. The molecule has 0 radical (unpaired) electrons. The number of carboxylic acid groups (broad SMARTS) is 1. The van der Waals surface area contributed by atoms with Gasteiger partial charge in [-0.2, -0.15) is 0 Å². The molecule has 0 fully saturated rings. The number of carbonyl (C=O) groups excluding carboxylic acids is 1. The van der Waals surface area contributed by atoms with Crippen molar-refractivity contribution in [2.45, 2.75) is 6.61 Å². The summed E-state index contributed by atoms with van der Waals surface area (Å²) in [5.74, 6) is -0.669. The number of carbonyl (C=O) groups is 2. The molecular weight excluding hydrogens is 248 g/mol. The van der Waals surface area contributed by atoms with Crippen LogP contribution >= 0.6 is 0 Å². The maximum absolute atomic E-state index is 10.8. The smallest absolute Gasteiger partial charge is 0.337 e. The van der Waals surface area contributed by atoms with Gasteiger partial charge in [0.1, 0.15) is 12.4 Å². The molecule has 0 aromatic carbocycles. The lowest BCUT2D eigenvalue weighted by molar-refractivity contribution is 0.0696. The summed E-state index contributed by atoms with van der Waals surface area (Å²) in [5.41, 5.74) is 1.07. The van der Waals surface area contributed by atoms with E-state index in [2.05, 4.69) is 9.97 Å². The Morgan fingerprint density at radius 2 is 2.16 bits per heavy atom. The van der Waals surface area contributed by atoms with E-state index in [-0.39, 0.29) is 12.2 Å². The molecule has 0 spiro atoms. The van der Waals surface area contributed by atoms with Gasteiger partial charge in [-0.15, -0.1) is 0 Å². The predicted molar refractivity (Wildman–Crippen MR) is 65.2 cm³/mol. The first-order valence-corrected chi connectivity index (χ1v) is 5.41. The average Bonchev–Trinajstić information content (AvgIpc) is 2.45. The highest BCUT2D eigenvalue weighted by Crippen LogP contribution is 2.15. The van der Waals surface area contributed by atoms with Gasteiger partial charge in [-0.05, 0) is 18.2 Å². The Labute approximate surface area is 108 Å². The van der Waals surface area contributed by atoms with Crippen LogP contribution in [0.25, 0.3) is 0 Å². The Morgan fingerprint density at radius 1 is 1.32 bits per heavy atom. The van der Waals surface area contributed by atoms with Gasteiger partial charge in [0.15, 0.2) is 6.29 Å². The Hall–Kier alpha value is -2.76. The molecule has 0 amide bonds. The SMILES string of the molecule is O=Cc1ccncc1OCc1ccc(C(=O)O)cn1. The highest BCUT2D eigenvalue weighted by molar-refractivity contribution is 5.87. The van der Waals surface area contributed by atoms with Crippen LogP contribution in [0.15, 0.2) is 36.8 Å². The van der Waals surface area contributed by atoms with Crippen LogP contribution in [0.5, 0.6) is 5.75 Å². The molecule has 0 bridgehead atoms. The summed E-state index contributed by atoms with van der Waals surface area (Å²) in [6, 6.07) is 4.54. The van der Waals surface area contributed by atoms with Crippen molar-refractivity contribution in [3.63, 3.8) is 0 Å². The molecule has 96 valence electrons. The van der Waals surface area contributed by atoms with Crippen LogP contribution in [-0.2, 0) is 6.61 Å². The Bertz CT molecular complexity index is 596. The van der Waals surface area contributed by atoms with Gasteiger partial charge in [-0.1, -0.05) is 0 Å². The lowest BCUT2D eigenvalue weighted by Crippen LogP contribution is -2.03. The lowest BCUT2D eigenvalue weighted by atomic mass is 10.2. The fourth-order valence-electron chi connectivity index (χ4n) is 1.40. The molecule has 0 unspecified atom stereocenters. The van der Waals surface area contributed by atoms with E-state index >= 15 is 0 Å². The van der Waals surface area contributed by atoms with Crippen LogP contribution in [0.1, 0.15) is 26.4 Å². The minimum absolute atomic E-state index is 0.110. The Kier molecular flexibility index (Phi) is 3.82. The minimum Gasteiger partial charge on any atom is -0.485 e. The van der Waals surface area contributed by atoms with Gasteiger partial charge in [0, 0.05) is 12.4 Å². The van der Waals surface area contributed by atoms with Crippen molar-refractivity contribution in [3.8, 4) is 5.75 Å². The summed E-state index contributed by atoms with van der Waals surface area (Å²) in [7, 11) is 0. The summed E-state index contributed by atoms with van der Waals surface area (Å²) in [6.45, 7) is 0.131. The number of pyridine rings is 2. The molecule has 0 aliphatic heterocycles. The summed E-state index contributed by atoms with van der Waals surface area (Å²) in [4.78, 5) is 29.2. The number of hydrogen-bond donors (Lipinski definition) is 1. The standard InChI is InChI=1S/C13H10N2O4/c16-7-10-3-4-14-6-12(10)19-8-11-2-1-9(5-15-11)13(17)18/h1-7H,8H2,(H,17,18). The fourth-order valence-corrected chi connectivity index (χ4v) is 1.40. The Morgan fingerprint density at radius 3 is 2.79 bits per heavy atom. The first-order valence-electron chi connectivity index (χ1n) is 5.41. The van der Waals surface area contributed by atoms with E-state index in [0.717, 1.165) is 0 Å². The zero-order chi connectivity index (χ0) is 13.7. The highest BCUT2D eigenvalue weighted by Gasteiger charge is 2.05. The van der Waals surface area contributed by atoms with Crippen LogP contribution in [-0.4, -0.2) is 27.3 Å². The first kappa shape index (κ1) is 12.7. The minimum atomic E-state index is -1.03. The van der Waals surface area contributed by atoms with Gasteiger partial charge >= 0.3 is 5.97 Å². The molecule has 6 heteroatoms. The van der Waals surface area contributed by atoms with Crippen molar-refractivity contribution < 1.29 is 19.4 Å². The third kappa shape index (κ3) is 3.12. The molecule has 1 N–H and O–H groups in total. The van der Waals surface area contributed by atoms with Gasteiger partial charge in [0.05, 0.1) is 23.0 Å². The number of aldehydes is 1. The molecule has 2 aromatic rings. The normalized spacial score (nSPS) is 9.89. The third-order valence-corrected chi connectivity index (χ3v) is 2.39. The predicted octanol–water partition coefficient (Wildman–Crippen LogP) is 1.57. The summed E-state index contributed by atoms with van der Waals surface area (Å²) in [6.07, 6.45) is 4.87. The van der Waals surface area contributed by atoms with Gasteiger partial charge in [-0.3, -0.25) is 14.8 Å². The molecular formula is C13H10N2O4. The van der Waals surface area contributed by atoms with Gasteiger partial charge in [0.25, 0.3) is 0 Å². The second kappa shape index (κ2) is 5.72. The van der Waals surface area contributed by atoms with E-state index in [0.29, 0.717) is 23.3 Å². The number of ether oxygens (including phenoxy) is 1. The lowest BCUT2D eigenvalue weighted by Gasteiger charge is -2.07.